The highest BCUT2D eigenvalue weighted by Crippen LogP contribution is 2.28. The summed E-state index contributed by atoms with van der Waals surface area (Å²) in [5.74, 6) is 0. The van der Waals surface area contributed by atoms with E-state index in [9.17, 15) is 0 Å². The molecule has 0 saturated carbocycles. The van der Waals surface area contributed by atoms with Crippen molar-refractivity contribution in [3.63, 3.8) is 0 Å². The molecule has 0 saturated heterocycles. The summed E-state index contributed by atoms with van der Waals surface area (Å²) in [7, 11) is 0. The summed E-state index contributed by atoms with van der Waals surface area (Å²) in [6.45, 7) is 7.81. The molecular weight excluding hydrogens is 241 g/mol. The third-order valence-corrected chi connectivity index (χ3v) is 2.27. The molecule has 1 aromatic carbocycles. The normalized spacial score (nSPS) is 14.0. The Hall–Kier alpha value is -0.530. The Bertz CT molecular complexity index is 369. The first-order valence-electron chi connectivity index (χ1n) is 5.24. The molecule has 88 valence electrons. The zero-order chi connectivity index (χ0) is 12.4. The van der Waals surface area contributed by atoms with Gasteiger partial charge in [0.2, 0.25) is 0 Å². The molecule has 0 atom stereocenters. The first-order chi connectivity index (χ1) is 7.20. The van der Waals surface area contributed by atoms with Crippen molar-refractivity contribution in [2.45, 2.75) is 37.6 Å². The molecule has 1 nitrogen and oxygen atoms in total. The number of aliphatic imine (C=N–C) groups is 1. The minimum absolute atomic E-state index is 0.198. The summed E-state index contributed by atoms with van der Waals surface area (Å²) < 4.78 is -0.978. The molecular formula is C13H17Cl2N. The predicted octanol–water partition coefficient (Wildman–Crippen LogP) is 4.47. The summed E-state index contributed by atoms with van der Waals surface area (Å²) in [4.78, 5) is 4.60. The highest BCUT2D eigenvalue weighted by molar-refractivity contribution is 6.60. The maximum Gasteiger partial charge on any atom is 0.157 e. The molecule has 0 unspecified atom stereocenters. The first-order valence-corrected chi connectivity index (χ1v) is 5.99. The van der Waals surface area contributed by atoms with Gasteiger partial charge in [0.25, 0.3) is 0 Å². The van der Waals surface area contributed by atoms with E-state index < -0.39 is 4.33 Å². The van der Waals surface area contributed by atoms with Gasteiger partial charge in [-0.1, -0.05) is 53.5 Å². The Kier molecular flexibility index (Phi) is 4.03. The van der Waals surface area contributed by atoms with Gasteiger partial charge in [0, 0.05) is 0 Å². The average Bonchev–Trinajstić information content (AvgIpc) is 2.13. The van der Waals surface area contributed by atoms with Crippen LogP contribution in [0.3, 0.4) is 0 Å². The third kappa shape index (κ3) is 4.15. The second-order valence-electron chi connectivity index (χ2n) is 4.89. The lowest BCUT2D eigenvalue weighted by atomic mass is 10.0. The van der Waals surface area contributed by atoms with Crippen molar-refractivity contribution in [2.24, 2.45) is 4.99 Å². The second kappa shape index (κ2) is 4.77. The maximum atomic E-state index is 6.17. The number of hydrogen-bond donors (Lipinski definition) is 0. The van der Waals surface area contributed by atoms with Crippen molar-refractivity contribution in [3.8, 4) is 0 Å². The fourth-order valence-corrected chi connectivity index (χ4v) is 1.65. The smallest absolute Gasteiger partial charge is 0.157 e. The van der Waals surface area contributed by atoms with E-state index in [1.54, 1.807) is 6.92 Å². The molecule has 1 aromatic rings. The van der Waals surface area contributed by atoms with Gasteiger partial charge in [-0.15, -0.1) is 0 Å². The van der Waals surface area contributed by atoms with Gasteiger partial charge < -0.3 is 0 Å². The molecule has 0 aliphatic carbocycles. The van der Waals surface area contributed by atoms with Crippen LogP contribution in [0.1, 0.15) is 33.3 Å². The Balaban J connectivity index is 3.24. The topological polar surface area (TPSA) is 12.4 Å². The monoisotopic (exact) mass is 257 g/mol. The van der Waals surface area contributed by atoms with Crippen LogP contribution in [0.4, 0.5) is 0 Å². The zero-order valence-corrected chi connectivity index (χ0v) is 11.6. The summed E-state index contributed by atoms with van der Waals surface area (Å²) in [6.07, 6.45) is 0. The van der Waals surface area contributed by atoms with Crippen LogP contribution < -0.4 is 0 Å². The van der Waals surface area contributed by atoms with Gasteiger partial charge in [-0.2, -0.15) is 0 Å². The van der Waals surface area contributed by atoms with Crippen molar-refractivity contribution in [3.05, 3.63) is 35.9 Å². The lowest BCUT2D eigenvalue weighted by Gasteiger charge is -2.22. The molecule has 0 aliphatic rings. The Morgan fingerprint density at radius 2 is 1.50 bits per heavy atom. The van der Waals surface area contributed by atoms with Crippen molar-refractivity contribution >= 4 is 28.9 Å². The molecule has 0 spiro atoms. The molecule has 0 heterocycles. The molecule has 3 heteroatoms. The summed E-state index contributed by atoms with van der Waals surface area (Å²) in [5, 5.41) is 0. The molecule has 0 aliphatic heterocycles. The highest BCUT2D eigenvalue weighted by atomic mass is 35.5. The quantitative estimate of drug-likeness (QED) is 0.548. The maximum absolute atomic E-state index is 6.17. The highest BCUT2D eigenvalue weighted by Gasteiger charge is 2.27. The van der Waals surface area contributed by atoms with E-state index in [4.69, 9.17) is 23.2 Å². The van der Waals surface area contributed by atoms with E-state index in [1.165, 1.54) is 0 Å². The van der Waals surface area contributed by atoms with E-state index in [-0.39, 0.29) is 5.54 Å². The SMILES string of the molecule is CC(C)(C)N=C(c1ccccc1)C(C)(Cl)Cl. The molecule has 1 rings (SSSR count). The molecule has 0 radical (unpaired) electrons. The van der Waals surface area contributed by atoms with Crippen LogP contribution in [0.25, 0.3) is 0 Å². The molecule has 0 amide bonds. The zero-order valence-electron chi connectivity index (χ0n) is 10.1. The fourth-order valence-electron chi connectivity index (χ4n) is 1.35. The first kappa shape index (κ1) is 13.5. The molecule has 0 bridgehead atoms. The van der Waals surface area contributed by atoms with Crippen LogP contribution in [-0.2, 0) is 0 Å². The number of hydrogen-bond acceptors (Lipinski definition) is 1. The average molecular weight is 258 g/mol. The van der Waals surface area contributed by atoms with Crippen LogP contribution in [0, 0.1) is 0 Å². The number of rotatable bonds is 2. The van der Waals surface area contributed by atoms with E-state index in [2.05, 4.69) is 4.99 Å². The fraction of sp³-hybridized carbons (Fsp3) is 0.462. The summed E-state index contributed by atoms with van der Waals surface area (Å²) in [6, 6.07) is 9.79. The largest absolute Gasteiger partial charge is 0.280 e. The van der Waals surface area contributed by atoms with Gasteiger partial charge in [0.1, 0.15) is 0 Å². The van der Waals surface area contributed by atoms with Crippen LogP contribution >= 0.6 is 23.2 Å². The molecule has 0 N–H and O–H groups in total. The Morgan fingerprint density at radius 1 is 1.00 bits per heavy atom. The lowest BCUT2D eigenvalue weighted by Crippen LogP contribution is -2.27. The minimum Gasteiger partial charge on any atom is -0.280 e. The standard InChI is InChI=1S/C13H17Cl2N/c1-12(2,3)16-11(13(4,14)15)10-8-6-5-7-9-10/h5-9H,1-4H3. The molecule has 16 heavy (non-hydrogen) atoms. The van der Waals surface area contributed by atoms with Crippen molar-refractivity contribution in [1.82, 2.24) is 0 Å². The Morgan fingerprint density at radius 3 is 1.88 bits per heavy atom. The van der Waals surface area contributed by atoms with Crippen LogP contribution in [0.5, 0.6) is 0 Å². The van der Waals surface area contributed by atoms with Crippen molar-refractivity contribution in [2.75, 3.05) is 0 Å². The predicted molar refractivity (Wildman–Crippen MR) is 72.8 cm³/mol. The van der Waals surface area contributed by atoms with E-state index in [0.29, 0.717) is 5.71 Å². The van der Waals surface area contributed by atoms with Gasteiger partial charge in [-0.25, -0.2) is 0 Å². The number of halogens is 2. The molecule has 0 aromatic heterocycles. The number of nitrogens with zero attached hydrogens (tertiary/aromatic N) is 1. The third-order valence-electron chi connectivity index (χ3n) is 1.91. The van der Waals surface area contributed by atoms with Crippen LogP contribution in [0.15, 0.2) is 35.3 Å². The van der Waals surface area contributed by atoms with Gasteiger partial charge in [-0.3, -0.25) is 4.99 Å². The Labute approximate surface area is 107 Å². The van der Waals surface area contributed by atoms with Gasteiger partial charge in [-0.05, 0) is 33.3 Å². The summed E-state index contributed by atoms with van der Waals surface area (Å²) in [5.41, 5.74) is 1.48. The second-order valence-corrected chi connectivity index (χ2v) is 6.59. The minimum atomic E-state index is -0.978. The van der Waals surface area contributed by atoms with Crippen molar-refractivity contribution < 1.29 is 0 Å². The number of alkyl halides is 2. The van der Waals surface area contributed by atoms with E-state index >= 15 is 0 Å². The lowest BCUT2D eigenvalue weighted by molar-refractivity contribution is 0.582. The van der Waals surface area contributed by atoms with Gasteiger partial charge >= 0.3 is 0 Å². The summed E-state index contributed by atoms with van der Waals surface area (Å²) >= 11 is 12.3. The van der Waals surface area contributed by atoms with Crippen molar-refractivity contribution in [1.29, 1.82) is 0 Å². The van der Waals surface area contributed by atoms with E-state index in [1.807, 2.05) is 51.1 Å². The van der Waals surface area contributed by atoms with Crippen LogP contribution in [0.2, 0.25) is 0 Å². The van der Waals surface area contributed by atoms with E-state index in [0.717, 1.165) is 5.56 Å². The van der Waals surface area contributed by atoms with Gasteiger partial charge in [0.05, 0.1) is 11.3 Å². The van der Waals surface area contributed by atoms with Gasteiger partial charge in [0.15, 0.2) is 4.33 Å². The van der Waals surface area contributed by atoms with Crippen LogP contribution in [-0.4, -0.2) is 15.6 Å². The molecule has 0 fully saturated rings. The number of benzene rings is 1.